The summed E-state index contributed by atoms with van der Waals surface area (Å²) in [6.45, 7) is 4.10. The number of ether oxygens (including phenoxy) is 1. The number of nitrogens with one attached hydrogen (secondary N) is 2. The standard InChI is InChI=1S/C22H24BrN3O3S/c1-13(2)21(28)26-22-25-17-7-4-14(10-19(17)30-22)5-9-20(27)24-12-15-11-16(23)6-8-18(15)29-3/h4,6-8,10-11,13H,5,9,12H2,1-3H3,(H,24,27)(H,25,26,28). The van der Waals surface area contributed by atoms with Gasteiger partial charge in [-0.2, -0.15) is 0 Å². The summed E-state index contributed by atoms with van der Waals surface area (Å²) in [5.74, 6) is 0.580. The molecule has 158 valence electrons. The quantitative estimate of drug-likeness (QED) is 0.470. The number of carbonyl (C=O) groups excluding carboxylic acids is 2. The van der Waals surface area contributed by atoms with Gasteiger partial charge in [0.25, 0.3) is 0 Å². The first-order valence-corrected chi connectivity index (χ1v) is 11.3. The van der Waals surface area contributed by atoms with Gasteiger partial charge in [0.05, 0.1) is 17.3 Å². The Morgan fingerprint density at radius 3 is 2.73 bits per heavy atom. The van der Waals surface area contributed by atoms with E-state index in [4.69, 9.17) is 4.74 Å². The molecule has 0 saturated carbocycles. The average Bonchev–Trinajstić information content (AvgIpc) is 3.12. The van der Waals surface area contributed by atoms with Gasteiger partial charge in [-0.25, -0.2) is 4.98 Å². The Labute approximate surface area is 188 Å². The fourth-order valence-corrected chi connectivity index (χ4v) is 4.19. The van der Waals surface area contributed by atoms with E-state index in [1.165, 1.54) is 11.3 Å². The summed E-state index contributed by atoms with van der Waals surface area (Å²) in [5.41, 5.74) is 2.82. The zero-order valence-corrected chi connectivity index (χ0v) is 19.5. The van der Waals surface area contributed by atoms with Crippen LogP contribution >= 0.6 is 27.3 Å². The van der Waals surface area contributed by atoms with Gasteiger partial charge in [-0.15, -0.1) is 0 Å². The molecule has 0 aliphatic heterocycles. The molecule has 30 heavy (non-hydrogen) atoms. The maximum Gasteiger partial charge on any atom is 0.228 e. The molecule has 0 unspecified atom stereocenters. The van der Waals surface area contributed by atoms with Gasteiger partial charge in [-0.3, -0.25) is 9.59 Å². The first kappa shape index (κ1) is 22.2. The molecule has 2 amide bonds. The van der Waals surface area contributed by atoms with E-state index in [9.17, 15) is 9.59 Å². The molecule has 8 heteroatoms. The van der Waals surface area contributed by atoms with Crippen LogP contribution in [0.3, 0.4) is 0 Å². The van der Waals surface area contributed by atoms with E-state index < -0.39 is 0 Å². The Hall–Kier alpha value is -2.45. The van der Waals surface area contributed by atoms with Crippen LogP contribution in [-0.2, 0) is 22.6 Å². The first-order chi connectivity index (χ1) is 14.4. The molecule has 0 atom stereocenters. The molecular weight excluding hydrogens is 466 g/mol. The third kappa shape index (κ3) is 5.79. The molecule has 0 aliphatic rings. The van der Waals surface area contributed by atoms with E-state index in [1.54, 1.807) is 7.11 Å². The maximum absolute atomic E-state index is 12.3. The lowest BCUT2D eigenvalue weighted by atomic mass is 10.1. The number of nitrogens with zero attached hydrogens (tertiary/aromatic N) is 1. The van der Waals surface area contributed by atoms with Gasteiger partial charge in [0.1, 0.15) is 5.75 Å². The van der Waals surface area contributed by atoms with Crippen LogP contribution in [0.25, 0.3) is 10.2 Å². The lowest BCUT2D eigenvalue weighted by Crippen LogP contribution is -2.23. The van der Waals surface area contributed by atoms with Crippen LogP contribution in [0.5, 0.6) is 5.75 Å². The van der Waals surface area contributed by atoms with E-state index in [-0.39, 0.29) is 17.7 Å². The van der Waals surface area contributed by atoms with Crippen molar-refractivity contribution in [3.05, 3.63) is 52.0 Å². The molecule has 1 aromatic heterocycles. The zero-order valence-electron chi connectivity index (χ0n) is 17.1. The monoisotopic (exact) mass is 489 g/mol. The summed E-state index contributed by atoms with van der Waals surface area (Å²) in [5, 5.41) is 6.38. The summed E-state index contributed by atoms with van der Waals surface area (Å²) in [7, 11) is 1.61. The highest BCUT2D eigenvalue weighted by Gasteiger charge is 2.12. The van der Waals surface area contributed by atoms with Crippen molar-refractivity contribution >= 4 is 54.4 Å². The van der Waals surface area contributed by atoms with Crippen LogP contribution in [0.4, 0.5) is 5.13 Å². The number of aromatic nitrogens is 1. The van der Waals surface area contributed by atoms with E-state index in [1.807, 2.05) is 50.2 Å². The summed E-state index contributed by atoms with van der Waals surface area (Å²) in [6, 6.07) is 11.6. The highest BCUT2D eigenvalue weighted by molar-refractivity contribution is 9.10. The number of carbonyl (C=O) groups is 2. The molecule has 0 radical (unpaired) electrons. The fraction of sp³-hybridized carbons (Fsp3) is 0.318. The van der Waals surface area contributed by atoms with Gasteiger partial charge < -0.3 is 15.4 Å². The molecular formula is C22H24BrN3O3S. The van der Waals surface area contributed by atoms with Crippen LogP contribution in [0, 0.1) is 5.92 Å². The van der Waals surface area contributed by atoms with Crippen LogP contribution in [-0.4, -0.2) is 23.9 Å². The van der Waals surface area contributed by atoms with Crippen molar-refractivity contribution in [3.63, 3.8) is 0 Å². The third-order valence-corrected chi connectivity index (χ3v) is 5.99. The van der Waals surface area contributed by atoms with E-state index in [2.05, 4.69) is 31.5 Å². The van der Waals surface area contributed by atoms with Crippen LogP contribution < -0.4 is 15.4 Å². The lowest BCUT2D eigenvalue weighted by Gasteiger charge is -2.10. The number of hydrogen-bond acceptors (Lipinski definition) is 5. The second-order valence-electron chi connectivity index (χ2n) is 7.20. The molecule has 0 saturated heterocycles. The predicted octanol–water partition coefficient (Wildman–Crippen LogP) is 4.91. The molecule has 0 aliphatic carbocycles. The fourth-order valence-electron chi connectivity index (χ4n) is 2.85. The van der Waals surface area contributed by atoms with Crippen molar-refractivity contribution in [1.82, 2.24) is 10.3 Å². The summed E-state index contributed by atoms with van der Waals surface area (Å²) >= 11 is 4.88. The molecule has 3 rings (SSSR count). The van der Waals surface area contributed by atoms with Crippen LogP contribution in [0.15, 0.2) is 40.9 Å². The topological polar surface area (TPSA) is 80.3 Å². The molecule has 0 bridgehead atoms. The van der Waals surface area contributed by atoms with Crippen molar-refractivity contribution in [3.8, 4) is 5.75 Å². The Bertz CT molecular complexity index is 1060. The Balaban J connectivity index is 1.57. The number of methoxy groups -OCH3 is 1. The molecule has 2 N–H and O–H groups in total. The average molecular weight is 490 g/mol. The van der Waals surface area contributed by atoms with Crippen molar-refractivity contribution in [2.75, 3.05) is 12.4 Å². The van der Waals surface area contributed by atoms with Gasteiger partial charge in [-0.1, -0.05) is 47.2 Å². The molecule has 1 heterocycles. The number of thiazole rings is 1. The molecule has 6 nitrogen and oxygen atoms in total. The number of halogens is 1. The van der Waals surface area contributed by atoms with Crippen LogP contribution in [0.2, 0.25) is 0 Å². The Morgan fingerprint density at radius 1 is 1.20 bits per heavy atom. The Kier molecular flexibility index (Phi) is 7.44. The minimum Gasteiger partial charge on any atom is -0.496 e. The van der Waals surface area contributed by atoms with Gasteiger partial charge >= 0.3 is 0 Å². The number of hydrogen-bond donors (Lipinski definition) is 2. The van der Waals surface area contributed by atoms with Gasteiger partial charge in [-0.05, 0) is 42.3 Å². The number of benzene rings is 2. The summed E-state index contributed by atoms with van der Waals surface area (Å²) in [4.78, 5) is 28.6. The van der Waals surface area contributed by atoms with Gasteiger partial charge in [0, 0.05) is 28.9 Å². The minimum atomic E-state index is -0.0944. The largest absolute Gasteiger partial charge is 0.496 e. The molecule has 0 spiro atoms. The highest BCUT2D eigenvalue weighted by atomic mass is 79.9. The normalized spacial score (nSPS) is 11.0. The summed E-state index contributed by atoms with van der Waals surface area (Å²) < 4.78 is 7.27. The minimum absolute atomic E-state index is 0.0219. The van der Waals surface area contributed by atoms with Crippen molar-refractivity contribution in [2.24, 2.45) is 5.92 Å². The van der Waals surface area contributed by atoms with E-state index in [0.29, 0.717) is 24.5 Å². The summed E-state index contributed by atoms with van der Waals surface area (Å²) in [6.07, 6.45) is 1.01. The lowest BCUT2D eigenvalue weighted by molar-refractivity contribution is -0.121. The number of amides is 2. The smallest absolute Gasteiger partial charge is 0.228 e. The maximum atomic E-state index is 12.3. The van der Waals surface area contributed by atoms with Crippen molar-refractivity contribution in [1.29, 1.82) is 0 Å². The second kappa shape index (κ2) is 10.0. The van der Waals surface area contributed by atoms with Crippen molar-refractivity contribution < 1.29 is 14.3 Å². The molecule has 2 aromatic carbocycles. The number of fused-ring (bicyclic) bond motifs is 1. The second-order valence-corrected chi connectivity index (χ2v) is 9.14. The highest BCUT2D eigenvalue weighted by Crippen LogP contribution is 2.27. The third-order valence-electron chi connectivity index (χ3n) is 4.57. The van der Waals surface area contributed by atoms with Crippen molar-refractivity contribution in [2.45, 2.75) is 33.2 Å². The zero-order chi connectivity index (χ0) is 21.7. The van der Waals surface area contributed by atoms with Gasteiger partial charge in [0.2, 0.25) is 11.8 Å². The SMILES string of the molecule is COc1ccc(Br)cc1CNC(=O)CCc1ccc2nc(NC(=O)C(C)C)sc2c1. The van der Waals surface area contributed by atoms with Crippen LogP contribution in [0.1, 0.15) is 31.4 Å². The van der Waals surface area contributed by atoms with E-state index >= 15 is 0 Å². The molecule has 3 aromatic rings. The van der Waals surface area contributed by atoms with Gasteiger partial charge in [0.15, 0.2) is 5.13 Å². The first-order valence-electron chi connectivity index (χ1n) is 9.65. The number of aryl methyl sites for hydroxylation is 1. The number of anilines is 1. The van der Waals surface area contributed by atoms with E-state index in [0.717, 1.165) is 31.6 Å². The number of rotatable bonds is 8. The predicted molar refractivity (Wildman–Crippen MR) is 124 cm³/mol. The Morgan fingerprint density at radius 2 is 2.00 bits per heavy atom. The molecule has 0 fully saturated rings.